The van der Waals surface area contributed by atoms with Crippen molar-refractivity contribution in [3.05, 3.63) is 83.6 Å². The van der Waals surface area contributed by atoms with Crippen LogP contribution in [0.15, 0.2) is 72.5 Å². The van der Waals surface area contributed by atoms with Crippen LogP contribution in [0.2, 0.25) is 0 Å². The van der Waals surface area contributed by atoms with Crippen molar-refractivity contribution < 1.29 is 14.3 Å². The summed E-state index contributed by atoms with van der Waals surface area (Å²) in [6.45, 7) is 3.64. The van der Waals surface area contributed by atoms with Gasteiger partial charge in [0.05, 0.1) is 6.10 Å². The van der Waals surface area contributed by atoms with Gasteiger partial charge in [-0.1, -0.05) is 60.7 Å². The lowest BCUT2D eigenvalue weighted by Crippen LogP contribution is -2.13. The molecule has 0 N–H and O–H groups in total. The molecule has 0 saturated heterocycles. The molecule has 2 aromatic carbocycles. The van der Waals surface area contributed by atoms with Crippen molar-refractivity contribution in [1.29, 1.82) is 0 Å². The Labute approximate surface area is 130 Å². The van der Waals surface area contributed by atoms with E-state index >= 15 is 0 Å². The number of allylic oxidation sites excluding steroid dienone is 2. The summed E-state index contributed by atoms with van der Waals surface area (Å²) in [4.78, 5) is 24.8. The molecule has 0 bridgehead atoms. The molecule has 2 rings (SSSR count). The minimum Gasteiger partial charge on any atom is -0.487 e. The van der Waals surface area contributed by atoms with Crippen LogP contribution >= 0.6 is 0 Å². The minimum atomic E-state index is -0.293. The zero-order chi connectivity index (χ0) is 15.9. The molecule has 0 spiro atoms. The second-order valence-electron chi connectivity index (χ2n) is 5.10. The van der Waals surface area contributed by atoms with Gasteiger partial charge in [-0.2, -0.15) is 0 Å². The maximum absolute atomic E-state index is 12.5. The Balaban J connectivity index is 2.32. The molecular weight excluding hydrogens is 276 g/mol. The first kappa shape index (κ1) is 15.7. The fourth-order valence-electron chi connectivity index (χ4n) is 1.94. The van der Waals surface area contributed by atoms with E-state index in [9.17, 15) is 9.59 Å². The summed E-state index contributed by atoms with van der Waals surface area (Å²) >= 11 is 0. The third-order valence-electron chi connectivity index (χ3n) is 2.94. The third-order valence-corrected chi connectivity index (χ3v) is 2.94. The molecule has 0 radical (unpaired) electrons. The first-order valence-corrected chi connectivity index (χ1v) is 7.15. The van der Waals surface area contributed by atoms with Gasteiger partial charge in [0.25, 0.3) is 0 Å². The SMILES string of the molecule is CC(C)O/C(=C/C(=O)c1ccccc1)C(=O)c1ccccc1. The zero-order valence-electron chi connectivity index (χ0n) is 12.7. The van der Waals surface area contributed by atoms with E-state index in [1.54, 1.807) is 48.5 Å². The molecule has 0 unspecified atom stereocenters. The molecule has 2 aromatic rings. The first-order chi connectivity index (χ1) is 10.6. The van der Waals surface area contributed by atoms with E-state index in [4.69, 9.17) is 4.74 Å². The third kappa shape index (κ3) is 4.16. The number of ether oxygens (including phenoxy) is 1. The van der Waals surface area contributed by atoms with Gasteiger partial charge >= 0.3 is 0 Å². The van der Waals surface area contributed by atoms with Crippen molar-refractivity contribution in [1.82, 2.24) is 0 Å². The van der Waals surface area contributed by atoms with E-state index in [0.717, 1.165) is 0 Å². The van der Waals surface area contributed by atoms with Crippen molar-refractivity contribution in [3.63, 3.8) is 0 Å². The minimum absolute atomic E-state index is 0.0649. The van der Waals surface area contributed by atoms with E-state index in [1.165, 1.54) is 6.08 Å². The van der Waals surface area contributed by atoms with Crippen LogP contribution < -0.4 is 0 Å². The van der Waals surface area contributed by atoms with Crippen LogP contribution in [-0.2, 0) is 4.74 Å². The standard InChI is InChI=1S/C19H18O3/c1-14(2)22-18(19(21)16-11-7-4-8-12-16)13-17(20)15-9-5-3-6-10-15/h3-14H,1-2H3/b18-13+. The van der Waals surface area contributed by atoms with Gasteiger partial charge in [-0.15, -0.1) is 0 Å². The summed E-state index contributed by atoms with van der Waals surface area (Å²) in [6.07, 6.45) is 1.08. The van der Waals surface area contributed by atoms with Gasteiger partial charge in [-0.05, 0) is 13.8 Å². The van der Waals surface area contributed by atoms with Crippen LogP contribution in [0.25, 0.3) is 0 Å². The van der Waals surface area contributed by atoms with Crippen molar-refractivity contribution in [2.24, 2.45) is 0 Å². The summed E-state index contributed by atoms with van der Waals surface area (Å²) in [6, 6.07) is 17.6. The largest absolute Gasteiger partial charge is 0.487 e. The number of ketones is 2. The Bertz CT molecular complexity index is 670. The topological polar surface area (TPSA) is 43.4 Å². The first-order valence-electron chi connectivity index (χ1n) is 7.15. The number of carbonyl (C=O) groups is 2. The van der Waals surface area contributed by atoms with Gasteiger partial charge in [0.2, 0.25) is 5.78 Å². The number of Topliss-reactive ketones (excluding diaryl/α,β-unsaturated/α-hetero) is 1. The van der Waals surface area contributed by atoms with E-state index in [-0.39, 0.29) is 23.4 Å². The second kappa shape index (κ2) is 7.36. The summed E-state index contributed by atoms with van der Waals surface area (Å²) in [5.41, 5.74) is 1.02. The molecule has 0 fully saturated rings. The van der Waals surface area contributed by atoms with Gasteiger partial charge < -0.3 is 4.74 Å². The Morgan fingerprint density at radius 1 is 0.864 bits per heavy atom. The van der Waals surface area contributed by atoms with Gasteiger partial charge in [0.1, 0.15) is 0 Å². The summed E-state index contributed by atoms with van der Waals surface area (Å²) < 4.78 is 5.55. The van der Waals surface area contributed by atoms with Crippen LogP contribution in [0.4, 0.5) is 0 Å². The smallest absolute Gasteiger partial charge is 0.227 e. The highest BCUT2D eigenvalue weighted by molar-refractivity contribution is 6.14. The number of hydrogen-bond donors (Lipinski definition) is 0. The van der Waals surface area contributed by atoms with Crippen LogP contribution in [0, 0.1) is 0 Å². The lowest BCUT2D eigenvalue weighted by Gasteiger charge is -2.12. The van der Waals surface area contributed by atoms with Crippen molar-refractivity contribution in [3.8, 4) is 0 Å². The van der Waals surface area contributed by atoms with Crippen LogP contribution in [0.5, 0.6) is 0 Å². The van der Waals surface area contributed by atoms with Crippen molar-refractivity contribution in [2.75, 3.05) is 0 Å². The quantitative estimate of drug-likeness (QED) is 0.458. The maximum atomic E-state index is 12.5. The summed E-state index contributed by atoms with van der Waals surface area (Å²) in [5, 5.41) is 0. The average molecular weight is 294 g/mol. The number of benzene rings is 2. The normalized spacial score (nSPS) is 11.3. The molecule has 3 heteroatoms. The molecule has 0 amide bonds. The van der Waals surface area contributed by atoms with Crippen LogP contribution in [0.3, 0.4) is 0 Å². The maximum Gasteiger partial charge on any atom is 0.227 e. The van der Waals surface area contributed by atoms with E-state index in [0.29, 0.717) is 11.1 Å². The van der Waals surface area contributed by atoms with E-state index < -0.39 is 0 Å². The number of hydrogen-bond acceptors (Lipinski definition) is 3. The molecule has 0 aliphatic heterocycles. The molecule has 3 nitrogen and oxygen atoms in total. The fourth-order valence-corrected chi connectivity index (χ4v) is 1.94. The molecule has 22 heavy (non-hydrogen) atoms. The molecule has 0 aliphatic rings. The van der Waals surface area contributed by atoms with Gasteiger partial charge in [0.15, 0.2) is 11.5 Å². The van der Waals surface area contributed by atoms with Gasteiger partial charge in [0, 0.05) is 17.2 Å². The Morgan fingerprint density at radius 3 is 1.86 bits per heavy atom. The highest BCUT2D eigenvalue weighted by Gasteiger charge is 2.17. The lowest BCUT2D eigenvalue weighted by molar-refractivity contribution is 0.0826. The van der Waals surface area contributed by atoms with Crippen LogP contribution in [-0.4, -0.2) is 17.7 Å². The van der Waals surface area contributed by atoms with Gasteiger partial charge in [-0.3, -0.25) is 9.59 Å². The molecule has 112 valence electrons. The molecule has 0 atom stereocenters. The molecule has 0 aliphatic carbocycles. The highest BCUT2D eigenvalue weighted by Crippen LogP contribution is 2.13. The molecule has 0 aromatic heterocycles. The molecule has 0 saturated carbocycles. The van der Waals surface area contributed by atoms with Crippen molar-refractivity contribution >= 4 is 11.6 Å². The predicted octanol–water partition coefficient (Wildman–Crippen LogP) is 4.06. The number of rotatable bonds is 6. The number of carbonyl (C=O) groups excluding carboxylic acids is 2. The molecular formula is C19H18O3. The van der Waals surface area contributed by atoms with E-state index in [1.807, 2.05) is 26.0 Å². The predicted molar refractivity (Wildman–Crippen MR) is 85.8 cm³/mol. The second-order valence-corrected chi connectivity index (χ2v) is 5.10. The van der Waals surface area contributed by atoms with Crippen molar-refractivity contribution in [2.45, 2.75) is 20.0 Å². The average Bonchev–Trinajstić information content (AvgIpc) is 2.54. The van der Waals surface area contributed by atoms with Crippen LogP contribution in [0.1, 0.15) is 34.6 Å². The fraction of sp³-hybridized carbons (Fsp3) is 0.158. The van der Waals surface area contributed by atoms with Gasteiger partial charge in [-0.25, -0.2) is 0 Å². The Morgan fingerprint density at radius 2 is 1.36 bits per heavy atom. The monoisotopic (exact) mass is 294 g/mol. The highest BCUT2D eigenvalue weighted by atomic mass is 16.5. The Kier molecular flexibility index (Phi) is 5.26. The summed E-state index contributed by atoms with van der Waals surface area (Å²) in [5.74, 6) is -0.478. The molecule has 0 heterocycles. The lowest BCUT2D eigenvalue weighted by atomic mass is 10.1. The Hall–Kier alpha value is -2.68. The zero-order valence-corrected chi connectivity index (χ0v) is 12.7. The van der Waals surface area contributed by atoms with E-state index in [2.05, 4.69) is 0 Å². The summed E-state index contributed by atoms with van der Waals surface area (Å²) in [7, 11) is 0.